The van der Waals surface area contributed by atoms with Gasteiger partial charge in [0.05, 0.1) is 4.90 Å². The van der Waals surface area contributed by atoms with Crippen LogP contribution in [0.3, 0.4) is 0 Å². The van der Waals surface area contributed by atoms with E-state index in [9.17, 15) is 17.6 Å². The summed E-state index contributed by atoms with van der Waals surface area (Å²) < 4.78 is 47.1. The van der Waals surface area contributed by atoms with Gasteiger partial charge in [0, 0.05) is 15.8 Å². The molecule has 31 heavy (non-hydrogen) atoms. The van der Waals surface area contributed by atoms with Gasteiger partial charge in [0.15, 0.2) is 6.10 Å². The number of ether oxygens (including phenoxy) is 1. The fraction of sp³-hybridized carbons (Fsp3) is 0.136. The van der Waals surface area contributed by atoms with Crippen LogP contribution in [-0.4, -0.2) is 20.4 Å². The molecule has 0 aromatic heterocycles. The molecule has 2 N–H and O–H groups in total. The lowest BCUT2D eigenvalue weighted by Crippen LogP contribution is -2.32. The van der Waals surface area contributed by atoms with Gasteiger partial charge in [-0.3, -0.25) is 9.52 Å². The van der Waals surface area contributed by atoms with E-state index in [-0.39, 0.29) is 4.90 Å². The monoisotopic (exact) mass is 506 g/mol. The second-order valence-electron chi connectivity index (χ2n) is 6.59. The van der Waals surface area contributed by atoms with Crippen molar-refractivity contribution < 1.29 is 22.3 Å². The number of anilines is 2. The van der Waals surface area contributed by atoms with Crippen LogP contribution in [0, 0.1) is 5.82 Å². The van der Waals surface area contributed by atoms with Crippen molar-refractivity contribution in [2.24, 2.45) is 0 Å². The Balaban J connectivity index is 1.65. The van der Waals surface area contributed by atoms with Gasteiger partial charge in [-0.15, -0.1) is 0 Å². The first kappa shape index (κ1) is 22.8. The first-order valence-electron chi connectivity index (χ1n) is 9.38. The number of hydrogen-bond donors (Lipinski definition) is 2. The molecule has 0 saturated heterocycles. The van der Waals surface area contributed by atoms with Crippen LogP contribution in [0.5, 0.6) is 5.75 Å². The molecular weight excluding hydrogens is 487 g/mol. The predicted octanol–water partition coefficient (Wildman–Crippen LogP) is 5.19. The van der Waals surface area contributed by atoms with Crippen LogP contribution in [0.25, 0.3) is 0 Å². The van der Waals surface area contributed by atoms with Gasteiger partial charge in [-0.1, -0.05) is 22.9 Å². The van der Waals surface area contributed by atoms with Gasteiger partial charge in [0.2, 0.25) is 0 Å². The Labute approximate surface area is 188 Å². The lowest BCUT2D eigenvalue weighted by atomic mass is 10.2. The average molecular weight is 507 g/mol. The number of amides is 1. The molecule has 0 spiro atoms. The summed E-state index contributed by atoms with van der Waals surface area (Å²) in [5.41, 5.74) is 0.859. The van der Waals surface area contributed by atoms with Crippen LogP contribution in [0.2, 0.25) is 0 Å². The van der Waals surface area contributed by atoms with Gasteiger partial charge < -0.3 is 10.1 Å². The highest BCUT2D eigenvalue weighted by molar-refractivity contribution is 9.10. The Morgan fingerprint density at radius 2 is 1.55 bits per heavy atom. The molecule has 162 valence electrons. The van der Waals surface area contributed by atoms with E-state index in [1.165, 1.54) is 48.5 Å². The Kier molecular flexibility index (Phi) is 7.29. The number of carbonyl (C=O) groups excluding carboxylic acids is 1. The highest BCUT2D eigenvalue weighted by Gasteiger charge is 2.19. The summed E-state index contributed by atoms with van der Waals surface area (Å²) >= 11 is 3.30. The molecule has 0 unspecified atom stereocenters. The van der Waals surface area contributed by atoms with Gasteiger partial charge in [0.1, 0.15) is 11.6 Å². The molecule has 0 aliphatic carbocycles. The van der Waals surface area contributed by atoms with Crippen molar-refractivity contribution in [1.29, 1.82) is 0 Å². The van der Waals surface area contributed by atoms with E-state index in [2.05, 4.69) is 26.0 Å². The topological polar surface area (TPSA) is 84.5 Å². The maximum Gasteiger partial charge on any atom is 0.265 e. The number of carbonyl (C=O) groups is 1. The molecule has 9 heteroatoms. The van der Waals surface area contributed by atoms with Crippen molar-refractivity contribution in [2.45, 2.75) is 24.3 Å². The fourth-order valence-corrected chi connectivity index (χ4v) is 3.99. The molecule has 0 aliphatic heterocycles. The quantitative estimate of drug-likeness (QED) is 0.440. The lowest BCUT2D eigenvalue weighted by Gasteiger charge is -2.17. The van der Waals surface area contributed by atoms with E-state index in [1.54, 1.807) is 31.2 Å². The summed E-state index contributed by atoms with van der Waals surface area (Å²) in [7, 11) is -3.77. The van der Waals surface area contributed by atoms with Crippen LogP contribution in [0.15, 0.2) is 82.2 Å². The molecule has 6 nitrogen and oxygen atoms in total. The third kappa shape index (κ3) is 6.28. The second kappa shape index (κ2) is 9.93. The van der Waals surface area contributed by atoms with Gasteiger partial charge in [-0.2, -0.15) is 0 Å². The van der Waals surface area contributed by atoms with E-state index >= 15 is 0 Å². The molecule has 0 fully saturated rings. The predicted molar refractivity (Wildman–Crippen MR) is 121 cm³/mol. The highest BCUT2D eigenvalue weighted by Crippen LogP contribution is 2.21. The molecule has 0 bridgehead atoms. The van der Waals surface area contributed by atoms with Gasteiger partial charge in [-0.25, -0.2) is 12.8 Å². The van der Waals surface area contributed by atoms with Gasteiger partial charge >= 0.3 is 0 Å². The van der Waals surface area contributed by atoms with Crippen molar-refractivity contribution in [3.05, 3.63) is 83.1 Å². The van der Waals surface area contributed by atoms with Crippen molar-refractivity contribution in [1.82, 2.24) is 0 Å². The zero-order valence-corrected chi connectivity index (χ0v) is 18.9. The van der Waals surface area contributed by atoms with Crippen LogP contribution in [-0.2, 0) is 14.8 Å². The Hall–Kier alpha value is -2.91. The van der Waals surface area contributed by atoms with Gasteiger partial charge in [0.25, 0.3) is 15.9 Å². The van der Waals surface area contributed by atoms with Crippen molar-refractivity contribution in [3.8, 4) is 5.75 Å². The molecule has 3 aromatic rings. The minimum Gasteiger partial charge on any atom is -0.481 e. The SMILES string of the molecule is CC[C@@H](Oc1ccc(F)cc1)C(=O)Nc1ccc(S(=O)(=O)Nc2ccc(Br)cc2)cc1. The smallest absolute Gasteiger partial charge is 0.265 e. The molecule has 0 saturated carbocycles. The Morgan fingerprint density at radius 1 is 0.968 bits per heavy atom. The number of benzene rings is 3. The van der Waals surface area contributed by atoms with Crippen molar-refractivity contribution >= 4 is 43.2 Å². The third-order valence-corrected chi connectivity index (χ3v) is 6.21. The number of rotatable bonds is 8. The summed E-state index contributed by atoms with van der Waals surface area (Å²) in [6.45, 7) is 1.79. The zero-order valence-electron chi connectivity index (χ0n) is 16.5. The molecule has 0 heterocycles. The fourth-order valence-electron chi connectivity index (χ4n) is 2.67. The summed E-state index contributed by atoms with van der Waals surface area (Å²) in [6.07, 6.45) is -0.389. The van der Waals surface area contributed by atoms with E-state index in [0.29, 0.717) is 23.5 Å². The standard InChI is InChI=1S/C22H20BrFN2O4S/c1-2-21(30-19-11-5-16(24)6-12-19)22(27)25-17-9-13-20(14-10-17)31(28,29)26-18-7-3-15(23)4-8-18/h3-14,21,26H,2H2,1H3,(H,25,27)/t21-/m1/s1. The Morgan fingerprint density at radius 3 is 2.13 bits per heavy atom. The molecule has 3 aromatic carbocycles. The summed E-state index contributed by atoms with van der Waals surface area (Å²) in [6, 6.07) is 17.9. The van der Waals surface area contributed by atoms with Crippen LogP contribution < -0.4 is 14.8 Å². The van der Waals surface area contributed by atoms with Crippen molar-refractivity contribution in [2.75, 3.05) is 10.0 Å². The maximum atomic E-state index is 13.0. The number of sulfonamides is 1. The minimum atomic E-state index is -3.77. The summed E-state index contributed by atoms with van der Waals surface area (Å²) in [5, 5.41) is 2.70. The van der Waals surface area contributed by atoms with E-state index in [1.807, 2.05) is 0 Å². The van der Waals surface area contributed by atoms with E-state index in [0.717, 1.165) is 4.47 Å². The normalized spacial score (nSPS) is 12.1. The lowest BCUT2D eigenvalue weighted by molar-refractivity contribution is -0.122. The molecule has 0 radical (unpaired) electrons. The number of nitrogens with one attached hydrogen (secondary N) is 2. The number of hydrogen-bond acceptors (Lipinski definition) is 4. The molecule has 0 aliphatic rings. The van der Waals surface area contributed by atoms with Gasteiger partial charge in [-0.05, 0) is 79.2 Å². The largest absolute Gasteiger partial charge is 0.481 e. The van der Waals surface area contributed by atoms with Crippen LogP contribution >= 0.6 is 15.9 Å². The Bertz CT molecular complexity index is 1140. The van der Waals surface area contributed by atoms with Crippen LogP contribution in [0.4, 0.5) is 15.8 Å². The van der Waals surface area contributed by atoms with Crippen LogP contribution in [0.1, 0.15) is 13.3 Å². The molecule has 1 atom stereocenters. The zero-order chi connectivity index (χ0) is 22.4. The first-order valence-corrected chi connectivity index (χ1v) is 11.7. The highest BCUT2D eigenvalue weighted by atomic mass is 79.9. The average Bonchev–Trinajstić information content (AvgIpc) is 2.75. The molecule has 1 amide bonds. The van der Waals surface area contributed by atoms with E-state index < -0.39 is 27.9 Å². The maximum absolute atomic E-state index is 13.0. The summed E-state index contributed by atoms with van der Waals surface area (Å²) in [4.78, 5) is 12.6. The second-order valence-corrected chi connectivity index (χ2v) is 9.19. The number of halogens is 2. The third-order valence-electron chi connectivity index (χ3n) is 4.28. The van der Waals surface area contributed by atoms with Crippen molar-refractivity contribution in [3.63, 3.8) is 0 Å². The first-order chi connectivity index (χ1) is 14.8. The molecule has 3 rings (SSSR count). The minimum absolute atomic E-state index is 0.0584. The summed E-state index contributed by atoms with van der Waals surface area (Å²) in [5.74, 6) is -0.409. The van der Waals surface area contributed by atoms with E-state index in [4.69, 9.17) is 4.74 Å². The molecular formula is C22H20BrFN2O4S.